The van der Waals surface area contributed by atoms with Crippen molar-refractivity contribution in [3.63, 3.8) is 0 Å². The van der Waals surface area contributed by atoms with E-state index in [1.807, 2.05) is 6.26 Å². The highest BCUT2D eigenvalue weighted by molar-refractivity contribution is 8.03. The van der Waals surface area contributed by atoms with Gasteiger partial charge in [0.15, 0.2) is 8.68 Å². The summed E-state index contributed by atoms with van der Waals surface area (Å²) in [6.45, 7) is 0.261. The second-order valence-electron chi connectivity index (χ2n) is 2.40. The van der Waals surface area contributed by atoms with Crippen molar-refractivity contribution >= 4 is 40.8 Å². The van der Waals surface area contributed by atoms with Crippen molar-refractivity contribution < 1.29 is 9.90 Å². The number of aliphatic hydroxyl groups excluding tert-OH is 1. The van der Waals surface area contributed by atoms with E-state index in [-0.39, 0.29) is 12.5 Å². The van der Waals surface area contributed by atoms with Crippen LogP contribution < -0.4 is 5.32 Å². The quantitative estimate of drug-likeness (QED) is 0.728. The third-order valence-corrected chi connectivity index (χ3v) is 4.36. The molecule has 1 heterocycles. The third kappa shape index (κ3) is 4.83. The molecule has 0 aliphatic rings. The van der Waals surface area contributed by atoms with Crippen LogP contribution in [0.4, 0.5) is 0 Å². The summed E-state index contributed by atoms with van der Waals surface area (Å²) < 4.78 is 1.69. The first-order valence-corrected chi connectivity index (χ1v) is 7.16. The molecule has 8 heteroatoms. The maximum Gasteiger partial charge on any atom is 0.230 e. The van der Waals surface area contributed by atoms with Crippen LogP contribution in [0, 0.1) is 0 Å². The Kier molecular flexibility index (Phi) is 5.99. The molecule has 0 aliphatic heterocycles. The summed E-state index contributed by atoms with van der Waals surface area (Å²) in [5, 5.41) is 18.9. The second-order valence-corrected chi connectivity index (χ2v) is 5.65. The van der Waals surface area contributed by atoms with Gasteiger partial charge in [0.25, 0.3) is 0 Å². The molecular weight excluding hydrogens is 254 g/mol. The maximum atomic E-state index is 11.2. The largest absolute Gasteiger partial charge is 0.395 e. The SMILES string of the molecule is CSc1nnc(SCC(=O)NCCO)s1. The summed E-state index contributed by atoms with van der Waals surface area (Å²) in [5.74, 6) is 0.207. The van der Waals surface area contributed by atoms with Gasteiger partial charge in [-0.3, -0.25) is 4.79 Å². The lowest BCUT2D eigenvalue weighted by molar-refractivity contribution is -0.118. The summed E-state index contributed by atoms with van der Waals surface area (Å²) in [5.41, 5.74) is 0. The van der Waals surface area contributed by atoms with Crippen LogP contribution in [0.15, 0.2) is 8.68 Å². The number of carbonyl (C=O) groups excluding carboxylic acids is 1. The molecule has 0 spiro atoms. The van der Waals surface area contributed by atoms with Gasteiger partial charge in [0.2, 0.25) is 5.91 Å². The van der Waals surface area contributed by atoms with E-state index in [1.165, 1.54) is 34.9 Å². The minimum Gasteiger partial charge on any atom is -0.395 e. The molecule has 0 saturated carbocycles. The summed E-state index contributed by atoms with van der Waals surface area (Å²) in [6.07, 6.45) is 1.93. The molecule has 1 aromatic rings. The molecule has 15 heavy (non-hydrogen) atoms. The fourth-order valence-corrected chi connectivity index (χ4v) is 2.98. The number of aromatic nitrogens is 2. The Morgan fingerprint density at radius 2 is 2.27 bits per heavy atom. The number of aliphatic hydroxyl groups is 1. The van der Waals surface area contributed by atoms with Crippen molar-refractivity contribution in [3.8, 4) is 0 Å². The number of carbonyl (C=O) groups is 1. The van der Waals surface area contributed by atoms with E-state index in [9.17, 15) is 4.79 Å². The van der Waals surface area contributed by atoms with E-state index in [4.69, 9.17) is 5.11 Å². The summed E-state index contributed by atoms with van der Waals surface area (Å²) in [6, 6.07) is 0. The zero-order valence-electron chi connectivity index (χ0n) is 8.10. The average Bonchev–Trinajstić information content (AvgIpc) is 2.71. The lowest BCUT2D eigenvalue weighted by atomic mass is 10.6. The highest BCUT2D eigenvalue weighted by Gasteiger charge is 2.06. The zero-order chi connectivity index (χ0) is 11.1. The number of rotatable bonds is 6. The molecule has 1 rings (SSSR count). The van der Waals surface area contributed by atoms with Crippen LogP contribution in [-0.2, 0) is 4.79 Å². The topological polar surface area (TPSA) is 75.1 Å². The normalized spacial score (nSPS) is 10.3. The van der Waals surface area contributed by atoms with Crippen molar-refractivity contribution in [1.82, 2.24) is 15.5 Å². The van der Waals surface area contributed by atoms with Crippen molar-refractivity contribution in [2.75, 3.05) is 25.2 Å². The van der Waals surface area contributed by atoms with Gasteiger partial charge in [-0.15, -0.1) is 10.2 Å². The van der Waals surface area contributed by atoms with E-state index in [1.54, 1.807) is 0 Å². The molecular formula is C7H11N3O2S3. The molecule has 1 amide bonds. The fourth-order valence-electron chi connectivity index (χ4n) is 0.712. The molecule has 0 saturated heterocycles. The van der Waals surface area contributed by atoms with Gasteiger partial charge in [0, 0.05) is 6.54 Å². The van der Waals surface area contributed by atoms with Crippen molar-refractivity contribution in [2.24, 2.45) is 0 Å². The summed E-state index contributed by atoms with van der Waals surface area (Å²) in [7, 11) is 0. The smallest absolute Gasteiger partial charge is 0.230 e. The van der Waals surface area contributed by atoms with Gasteiger partial charge < -0.3 is 10.4 Å². The van der Waals surface area contributed by atoms with Gasteiger partial charge in [-0.2, -0.15) is 0 Å². The van der Waals surface area contributed by atoms with Gasteiger partial charge in [-0.25, -0.2) is 0 Å². The lowest BCUT2D eigenvalue weighted by Crippen LogP contribution is -2.27. The first-order chi connectivity index (χ1) is 7.26. The zero-order valence-corrected chi connectivity index (χ0v) is 10.5. The standard InChI is InChI=1S/C7H11N3O2S3/c1-13-6-9-10-7(15-6)14-4-5(12)8-2-3-11/h11H,2-4H2,1H3,(H,8,12). The average molecular weight is 265 g/mol. The van der Waals surface area contributed by atoms with Gasteiger partial charge in [-0.1, -0.05) is 34.9 Å². The van der Waals surface area contributed by atoms with Crippen LogP contribution in [0.3, 0.4) is 0 Å². The predicted octanol–water partition coefficient (Wildman–Crippen LogP) is 0.461. The molecule has 2 N–H and O–H groups in total. The first kappa shape index (κ1) is 12.8. The summed E-state index contributed by atoms with van der Waals surface area (Å²) in [4.78, 5) is 11.2. The van der Waals surface area contributed by atoms with Gasteiger partial charge in [0.05, 0.1) is 12.4 Å². The molecule has 84 valence electrons. The van der Waals surface area contributed by atoms with Gasteiger partial charge >= 0.3 is 0 Å². The van der Waals surface area contributed by atoms with Crippen LogP contribution >= 0.6 is 34.9 Å². The molecule has 0 fully saturated rings. The monoisotopic (exact) mass is 265 g/mol. The maximum absolute atomic E-state index is 11.2. The Balaban J connectivity index is 2.27. The van der Waals surface area contributed by atoms with E-state index >= 15 is 0 Å². The molecule has 1 aromatic heterocycles. The lowest BCUT2D eigenvalue weighted by Gasteiger charge is -2.00. The van der Waals surface area contributed by atoms with E-state index < -0.39 is 0 Å². The highest BCUT2D eigenvalue weighted by atomic mass is 32.2. The predicted molar refractivity (Wildman–Crippen MR) is 62.5 cm³/mol. The Labute approximate surface area is 100 Å². The van der Waals surface area contributed by atoms with Gasteiger partial charge in [-0.05, 0) is 6.26 Å². The number of hydrogen-bond acceptors (Lipinski definition) is 7. The Morgan fingerprint density at radius 3 is 2.87 bits per heavy atom. The van der Waals surface area contributed by atoms with E-state index in [0.717, 1.165) is 8.68 Å². The van der Waals surface area contributed by atoms with Crippen LogP contribution in [-0.4, -0.2) is 46.4 Å². The first-order valence-electron chi connectivity index (χ1n) is 4.14. The molecule has 0 radical (unpaired) electrons. The van der Waals surface area contributed by atoms with Crippen molar-refractivity contribution in [1.29, 1.82) is 0 Å². The van der Waals surface area contributed by atoms with Crippen molar-refractivity contribution in [2.45, 2.75) is 8.68 Å². The highest BCUT2D eigenvalue weighted by Crippen LogP contribution is 2.26. The van der Waals surface area contributed by atoms with Crippen LogP contribution in [0.1, 0.15) is 0 Å². The minimum atomic E-state index is -0.102. The number of nitrogens with zero attached hydrogens (tertiary/aromatic N) is 2. The van der Waals surface area contributed by atoms with E-state index in [2.05, 4.69) is 15.5 Å². The van der Waals surface area contributed by atoms with Gasteiger partial charge in [0.1, 0.15) is 0 Å². The molecule has 0 bridgehead atoms. The number of hydrogen-bond donors (Lipinski definition) is 2. The fraction of sp³-hybridized carbons (Fsp3) is 0.571. The number of amides is 1. The Morgan fingerprint density at radius 1 is 1.53 bits per heavy atom. The minimum absolute atomic E-state index is 0.0359. The summed E-state index contributed by atoms with van der Waals surface area (Å²) >= 11 is 4.36. The number of thioether (sulfide) groups is 2. The Bertz CT molecular complexity index is 318. The second kappa shape index (κ2) is 7.04. The molecule has 0 aromatic carbocycles. The van der Waals surface area contributed by atoms with Crippen LogP contribution in [0.2, 0.25) is 0 Å². The molecule has 0 aliphatic carbocycles. The third-order valence-electron chi connectivity index (χ3n) is 1.32. The Hall–Kier alpha value is -0.310. The van der Waals surface area contributed by atoms with E-state index in [0.29, 0.717) is 12.3 Å². The molecule has 5 nitrogen and oxygen atoms in total. The van der Waals surface area contributed by atoms with Crippen LogP contribution in [0.5, 0.6) is 0 Å². The van der Waals surface area contributed by atoms with Crippen molar-refractivity contribution in [3.05, 3.63) is 0 Å². The molecule has 0 unspecified atom stereocenters. The molecule has 0 atom stereocenters. The number of nitrogens with one attached hydrogen (secondary N) is 1. The van der Waals surface area contributed by atoms with Crippen LogP contribution in [0.25, 0.3) is 0 Å².